The molecule has 244 valence electrons. The zero-order valence-corrected chi connectivity index (χ0v) is 26.4. The van der Waals surface area contributed by atoms with Gasteiger partial charge in [0.1, 0.15) is 6.04 Å². The molecule has 0 radical (unpaired) electrons. The number of amides is 4. The number of nitrogens with two attached hydrogens (primary N) is 3. The predicted molar refractivity (Wildman–Crippen MR) is 168 cm³/mol. The summed E-state index contributed by atoms with van der Waals surface area (Å²) in [5, 5.41) is 7.77. The summed E-state index contributed by atoms with van der Waals surface area (Å²) in [5.74, 6) is -5.42. The number of Topliss-reactive ketones (excluding diaryl/α,β-unsaturated/α-hetero) is 2. The summed E-state index contributed by atoms with van der Waals surface area (Å²) in [6.07, 6.45) is 1.30. The van der Waals surface area contributed by atoms with Crippen LogP contribution in [0, 0.1) is 17.8 Å². The molecule has 0 aliphatic rings. The van der Waals surface area contributed by atoms with Crippen LogP contribution in [0.25, 0.3) is 0 Å². The maximum atomic E-state index is 13.6. The van der Waals surface area contributed by atoms with Crippen molar-refractivity contribution < 1.29 is 28.8 Å². The van der Waals surface area contributed by atoms with Crippen LogP contribution in [0.2, 0.25) is 0 Å². The van der Waals surface area contributed by atoms with Crippen LogP contribution in [0.1, 0.15) is 72.3 Å². The quantitative estimate of drug-likeness (QED) is 0.0522. The monoisotopic (exact) mass is 615 g/mol. The number of primary amides is 1. The fraction of sp³-hybridized carbons (Fsp3) is 0.581. The second kappa shape index (κ2) is 19.1. The summed E-state index contributed by atoms with van der Waals surface area (Å²) in [5.41, 5.74) is 16.9. The molecule has 1 aromatic rings. The Morgan fingerprint density at radius 3 is 2.05 bits per heavy atom. The highest BCUT2D eigenvalue weighted by Crippen LogP contribution is 2.20. The van der Waals surface area contributed by atoms with E-state index in [2.05, 4.69) is 20.9 Å². The molecule has 4 amide bonds. The van der Waals surface area contributed by atoms with Crippen LogP contribution in [-0.4, -0.2) is 65.8 Å². The van der Waals surface area contributed by atoms with E-state index in [1.165, 1.54) is 6.92 Å². The number of carbonyl (C=O) groups excluding carboxylic acids is 6. The summed E-state index contributed by atoms with van der Waals surface area (Å²) in [6.45, 7) is 8.85. The standard InChI is InChI=1S/C31H49N7O6/c1-6-19(4)26(27(41)30(44)37-23(28(32)42)13-10-14-35-31(33)34)38-29(43)22(15-18(2)3)17-25(40)24(36-20(5)39)16-21-11-8-7-9-12-21/h7-9,11-12,18-19,22-24,26H,6,10,13-17H2,1-5H3,(H2,32,42)(H,36,39)(H,37,44)(H,38,43)(H4,33,34,35). The summed E-state index contributed by atoms with van der Waals surface area (Å²) >= 11 is 0. The number of aliphatic imine (C=N–C) groups is 1. The first-order chi connectivity index (χ1) is 20.7. The number of hydrogen-bond acceptors (Lipinski definition) is 7. The number of hydrogen-bond donors (Lipinski definition) is 6. The van der Waals surface area contributed by atoms with Gasteiger partial charge < -0.3 is 33.2 Å². The summed E-state index contributed by atoms with van der Waals surface area (Å²) < 4.78 is 0. The van der Waals surface area contributed by atoms with Crippen LogP contribution >= 0.6 is 0 Å². The minimum Gasteiger partial charge on any atom is -0.370 e. The number of guanidine groups is 1. The topological polar surface area (TPSA) is 229 Å². The number of carbonyl (C=O) groups is 6. The van der Waals surface area contributed by atoms with Gasteiger partial charge in [0, 0.05) is 25.8 Å². The lowest BCUT2D eigenvalue weighted by atomic mass is 9.87. The SMILES string of the molecule is CCC(C)C(NC(=O)C(CC(=O)C(Cc1ccccc1)NC(C)=O)CC(C)C)C(=O)C(=O)NC(CCCN=C(N)N)C(N)=O. The summed E-state index contributed by atoms with van der Waals surface area (Å²) in [7, 11) is 0. The van der Waals surface area contributed by atoms with Gasteiger partial charge in [0.05, 0.1) is 12.1 Å². The molecule has 0 aliphatic carbocycles. The Morgan fingerprint density at radius 2 is 1.52 bits per heavy atom. The van der Waals surface area contributed by atoms with Crippen molar-refractivity contribution in [2.24, 2.45) is 39.9 Å². The van der Waals surface area contributed by atoms with Crippen LogP contribution in [0.4, 0.5) is 0 Å². The molecule has 13 nitrogen and oxygen atoms in total. The van der Waals surface area contributed by atoms with Crippen molar-refractivity contribution in [3.05, 3.63) is 35.9 Å². The highest BCUT2D eigenvalue weighted by atomic mass is 16.2. The Morgan fingerprint density at radius 1 is 0.886 bits per heavy atom. The molecule has 0 saturated heterocycles. The number of ketones is 2. The van der Waals surface area contributed by atoms with Crippen molar-refractivity contribution in [1.29, 1.82) is 0 Å². The van der Waals surface area contributed by atoms with E-state index < -0.39 is 53.5 Å². The Bertz CT molecular complexity index is 1170. The van der Waals surface area contributed by atoms with Gasteiger partial charge in [0.15, 0.2) is 11.7 Å². The van der Waals surface area contributed by atoms with Crippen molar-refractivity contribution in [3.8, 4) is 0 Å². The van der Waals surface area contributed by atoms with E-state index in [1.807, 2.05) is 51.1 Å². The second-order valence-electron chi connectivity index (χ2n) is 11.6. The molecule has 0 aromatic heterocycles. The minimum atomic E-state index is -1.21. The lowest BCUT2D eigenvalue weighted by molar-refractivity contribution is -0.142. The van der Waals surface area contributed by atoms with Gasteiger partial charge in [-0.3, -0.25) is 33.8 Å². The second-order valence-corrected chi connectivity index (χ2v) is 11.6. The number of rotatable bonds is 20. The highest BCUT2D eigenvalue weighted by Gasteiger charge is 2.35. The van der Waals surface area contributed by atoms with Crippen molar-refractivity contribution in [2.75, 3.05) is 6.54 Å². The van der Waals surface area contributed by atoms with E-state index >= 15 is 0 Å². The third kappa shape index (κ3) is 13.8. The van der Waals surface area contributed by atoms with Gasteiger partial charge in [0.25, 0.3) is 5.91 Å². The Labute approximate surface area is 259 Å². The normalized spacial score (nSPS) is 14.3. The van der Waals surface area contributed by atoms with Crippen molar-refractivity contribution in [3.63, 3.8) is 0 Å². The number of nitrogens with zero attached hydrogens (tertiary/aromatic N) is 1. The molecule has 1 rings (SSSR count). The molecule has 1 aromatic carbocycles. The smallest absolute Gasteiger partial charge is 0.290 e. The molecule has 0 bridgehead atoms. The average Bonchev–Trinajstić information content (AvgIpc) is 2.95. The number of benzene rings is 1. The van der Waals surface area contributed by atoms with Crippen LogP contribution in [0.5, 0.6) is 0 Å². The van der Waals surface area contributed by atoms with Gasteiger partial charge in [-0.05, 0) is 43.1 Å². The predicted octanol–water partition coefficient (Wildman–Crippen LogP) is 0.479. The van der Waals surface area contributed by atoms with Crippen LogP contribution in [0.15, 0.2) is 35.3 Å². The van der Waals surface area contributed by atoms with Gasteiger partial charge in [-0.15, -0.1) is 0 Å². The van der Waals surface area contributed by atoms with Crippen molar-refractivity contribution >= 4 is 41.2 Å². The van der Waals surface area contributed by atoms with Gasteiger partial charge in [0.2, 0.25) is 23.5 Å². The van der Waals surface area contributed by atoms with E-state index in [4.69, 9.17) is 17.2 Å². The largest absolute Gasteiger partial charge is 0.370 e. The van der Waals surface area contributed by atoms with Crippen molar-refractivity contribution in [1.82, 2.24) is 16.0 Å². The lowest BCUT2D eigenvalue weighted by Gasteiger charge is -2.27. The average molecular weight is 616 g/mol. The molecule has 0 saturated carbocycles. The zero-order chi connectivity index (χ0) is 33.4. The first-order valence-corrected chi connectivity index (χ1v) is 15.0. The van der Waals surface area contributed by atoms with Gasteiger partial charge in [-0.1, -0.05) is 64.4 Å². The minimum absolute atomic E-state index is 0.0308. The molecule has 0 fully saturated rings. The van der Waals surface area contributed by atoms with Crippen LogP contribution in [0.3, 0.4) is 0 Å². The van der Waals surface area contributed by atoms with E-state index in [9.17, 15) is 28.8 Å². The fourth-order valence-electron chi connectivity index (χ4n) is 4.71. The first-order valence-electron chi connectivity index (χ1n) is 15.0. The maximum Gasteiger partial charge on any atom is 0.290 e. The Hall–Kier alpha value is -4.29. The molecule has 13 heteroatoms. The molecular formula is C31H49N7O6. The first kappa shape index (κ1) is 37.7. The lowest BCUT2D eigenvalue weighted by Crippen LogP contribution is -2.55. The third-order valence-corrected chi connectivity index (χ3v) is 7.23. The molecule has 44 heavy (non-hydrogen) atoms. The van der Waals surface area contributed by atoms with E-state index in [0.29, 0.717) is 19.3 Å². The van der Waals surface area contributed by atoms with Gasteiger partial charge in [-0.25, -0.2) is 0 Å². The number of nitrogens with one attached hydrogen (secondary N) is 3. The molecule has 0 heterocycles. The molecule has 5 unspecified atom stereocenters. The van der Waals surface area contributed by atoms with E-state index in [0.717, 1.165) is 5.56 Å². The summed E-state index contributed by atoms with van der Waals surface area (Å²) in [4.78, 5) is 80.9. The summed E-state index contributed by atoms with van der Waals surface area (Å²) in [6, 6.07) is 6.02. The van der Waals surface area contributed by atoms with Crippen LogP contribution in [-0.2, 0) is 35.2 Å². The molecule has 9 N–H and O–H groups in total. The van der Waals surface area contributed by atoms with Crippen molar-refractivity contribution in [2.45, 2.75) is 91.3 Å². The molecule has 5 atom stereocenters. The molecule has 0 aliphatic heterocycles. The Balaban J connectivity index is 3.11. The van der Waals surface area contributed by atoms with Gasteiger partial charge >= 0.3 is 0 Å². The van der Waals surface area contributed by atoms with E-state index in [-0.39, 0.29) is 49.4 Å². The highest BCUT2D eigenvalue weighted by molar-refractivity contribution is 6.38. The zero-order valence-electron chi connectivity index (χ0n) is 26.4. The maximum absolute atomic E-state index is 13.6. The van der Waals surface area contributed by atoms with E-state index in [1.54, 1.807) is 6.92 Å². The molecular weight excluding hydrogens is 566 g/mol. The third-order valence-electron chi connectivity index (χ3n) is 7.23. The fourth-order valence-corrected chi connectivity index (χ4v) is 4.71. The van der Waals surface area contributed by atoms with Crippen LogP contribution < -0.4 is 33.2 Å². The molecule has 0 spiro atoms. The Kier molecular flexibility index (Phi) is 16.4. The van der Waals surface area contributed by atoms with Gasteiger partial charge in [-0.2, -0.15) is 0 Å².